The molecule has 1 saturated heterocycles. The summed E-state index contributed by atoms with van der Waals surface area (Å²) in [5.41, 5.74) is -0.521. The molecule has 13 heteroatoms. The van der Waals surface area contributed by atoms with Crippen molar-refractivity contribution in [1.29, 1.82) is 0 Å². The van der Waals surface area contributed by atoms with E-state index < -0.39 is 36.0 Å². The number of ether oxygens (including phenoxy) is 2. The maximum Gasteiger partial charge on any atom is 0.416 e. The van der Waals surface area contributed by atoms with Gasteiger partial charge in [-0.25, -0.2) is 23.5 Å². The molecule has 1 unspecified atom stereocenters. The van der Waals surface area contributed by atoms with Gasteiger partial charge in [0.05, 0.1) is 47.1 Å². The Morgan fingerprint density at radius 3 is 2.53 bits per heavy atom. The highest BCUT2D eigenvalue weighted by Crippen LogP contribution is 2.41. The van der Waals surface area contributed by atoms with Crippen LogP contribution in [-0.2, 0) is 23.9 Å². The zero-order valence-electron chi connectivity index (χ0n) is 25.0. The number of hydrogen-bond donors (Lipinski definition) is 1. The van der Waals surface area contributed by atoms with Crippen LogP contribution in [0.4, 0.5) is 22.0 Å². The largest absolute Gasteiger partial charge is 0.478 e. The number of carboxylic acid groups (broad SMARTS) is 1. The molecular weight excluding hydrogens is 645 g/mol. The summed E-state index contributed by atoms with van der Waals surface area (Å²) in [6.45, 7) is 4.30. The van der Waals surface area contributed by atoms with E-state index in [1.54, 1.807) is 6.07 Å². The Morgan fingerprint density at radius 1 is 1.04 bits per heavy atom. The number of fused-ring (bicyclic) bond motifs is 1. The third-order valence-electron chi connectivity index (χ3n) is 8.21. The summed E-state index contributed by atoms with van der Waals surface area (Å²) in [5.74, 6) is -2.32. The third kappa shape index (κ3) is 6.52. The van der Waals surface area contributed by atoms with Crippen LogP contribution < -0.4 is 4.74 Å². The number of aromatic nitrogens is 3. The van der Waals surface area contributed by atoms with Gasteiger partial charge in [-0.15, -0.1) is 0 Å². The molecular formula is C34H27ClF5N3O4. The van der Waals surface area contributed by atoms with Gasteiger partial charge < -0.3 is 19.1 Å². The lowest BCUT2D eigenvalue weighted by Gasteiger charge is -2.28. The lowest BCUT2D eigenvalue weighted by Crippen LogP contribution is -2.27. The number of imidazole rings is 1. The highest BCUT2D eigenvalue weighted by Gasteiger charge is 2.39. The highest BCUT2D eigenvalue weighted by molar-refractivity contribution is 6.30. The van der Waals surface area contributed by atoms with Gasteiger partial charge in [0, 0.05) is 34.1 Å². The smallest absolute Gasteiger partial charge is 0.416 e. The minimum absolute atomic E-state index is 0.00723. The van der Waals surface area contributed by atoms with Gasteiger partial charge in [0.1, 0.15) is 24.1 Å². The highest BCUT2D eigenvalue weighted by atomic mass is 35.5. The molecule has 1 N–H and O–H groups in total. The van der Waals surface area contributed by atoms with Crippen LogP contribution >= 0.6 is 11.6 Å². The molecule has 6 rings (SSSR count). The predicted octanol–water partition coefficient (Wildman–Crippen LogP) is 8.51. The summed E-state index contributed by atoms with van der Waals surface area (Å²) in [7, 11) is 0. The quantitative estimate of drug-likeness (QED) is 0.167. The maximum absolute atomic E-state index is 15.7. The van der Waals surface area contributed by atoms with Gasteiger partial charge in [-0.1, -0.05) is 37.6 Å². The van der Waals surface area contributed by atoms with Gasteiger partial charge in [0.15, 0.2) is 0 Å². The summed E-state index contributed by atoms with van der Waals surface area (Å²) in [6.07, 6.45) is -4.76. The molecule has 1 aliphatic rings. The lowest BCUT2D eigenvalue weighted by molar-refractivity contribution is -0.138. The van der Waals surface area contributed by atoms with Gasteiger partial charge in [-0.3, -0.25) is 0 Å². The van der Waals surface area contributed by atoms with E-state index >= 15 is 8.78 Å². The van der Waals surface area contributed by atoms with Crippen LogP contribution in [0.1, 0.15) is 52.8 Å². The first-order chi connectivity index (χ1) is 22.2. The fraction of sp³-hybridized carbons (Fsp3) is 0.265. The number of benzene rings is 3. The number of carbonyl (C=O) groups is 1. The van der Waals surface area contributed by atoms with Gasteiger partial charge >= 0.3 is 12.1 Å². The molecule has 47 heavy (non-hydrogen) atoms. The van der Waals surface area contributed by atoms with Gasteiger partial charge in [-0.05, 0) is 54.1 Å². The molecule has 1 atom stereocenters. The first-order valence-electron chi connectivity index (χ1n) is 14.5. The number of halogens is 6. The van der Waals surface area contributed by atoms with E-state index in [1.165, 1.54) is 42.5 Å². The zero-order valence-corrected chi connectivity index (χ0v) is 25.8. The van der Waals surface area contributed by atoms with Crippen molar-refractivity contribution in [3.05, 3.63) is 111 Å². The predicted molar refractivity (Wildman–Crippen MR) is 164 cm³/mol. The standard InChI is InChI=1S/C34H27ClF5N3O4/c1-33(2)17-46-16-29(33)43-28-11-18(32(44)45)7-9-27(28)41-30(43)12-20-10-25(37)22(14-24(20)36)26-4-3-5-31(42-26)47-15-19-6-8-21(35)13-23(19)34(38,39)40/h3-11,13-14,29H,12,15-17H2,1-2H3,(H,44,45). The number of carboxylic acids is 1. The Bertz CT molecular complexity index is 2010. The van der Waals surface area contributed by atoms with Crippen molar-refractivity contribution in [3.8, 4) is 17.1 Å². The SMILES string of the molecule is CC1(C)COCC1n1c(Cc2cc(F)c(-c3cccc(OCc4ccc(Cl)cc4C(F)(F)F)n3)cc2F)nc2ccc(C(=O)O)cc21. The molecule has 3 heterocycles. The first kappa shape index (κ1) is 32.4. The van der Waals surface area contributed by atoms with Crippen molar-refractivity contribution in [2.24, 2.45) is 5.41 Å². The van der Waals surface area contributed by atoms with Crippen LogP contribution in [0.5, 0.6) is 5.88 Å². The molecule has 7 nitrogen and oxygen atoms in total. The van der Waals surface area contributed by atoms with Crippen LogP contribution in [0.15, 0.2) is 66.7 Å². The van der Waals surface area contributed by atoms with E-state index in [9.17, 15) is 23.1 Å². The van der Waals surface area contributed by atoms with E-state index in [0.29, 0.717) is 30.1 Å². The van der Waals surface area contributed by atoms with Crippen molar-refractivity contribution in [3.63, 3.8) is 0 Å². The molecule has 0 bridgehead atoms. The molecule has 1 aliphatic heterocycles. The fourth-order valence-corrected chi connectivity index (χ4v) is 5.93. The second-order valence-electron chi connectivity index (χ2n) is 12.0. The van der Waals surface area contributed by atoms with Crippen molar-refractivity contribution in [2.45, 2.75) is 39.1 Å². The molecule has 244 valence electrons. The number of nitrogens with zero attached hydrogens (tertiary/aromatic N) is 3. The molecule has 0 aliphatic carbocycles. The van der Waals surface area contributed by atoms with Crippen LogP contribution in [0, 0.1) is 17.0 Å². The minimum Gasteiger partial charge on any atom is -0.478 e. The molecule has 0 saturated carbocycles. The molecule has 1 fully saturated rings. The van der Waals surface area contributed by atoms with Gasteiger partial charge in [0.25, 0.3) is 0 Å². The molecule has 5 aromatic rings. The molecule has 0 radical (unpaired) electrons. The van der Waals surface area contributed by atoms with E-state index in [1.807, 2.05) is 18.4 Å². The number of pyridine rings is 1. The number of alkyl halides is 3. The van der Waals surface area contributed by atoms with Crippen molar-refractivity contribution >= 4 is 28.6 Å². The fourth-order valence-electron chi connectivity index (χ4n) is 5.75. The Balaban J connectivity index is 1.30. The Kier molecular flexibility index (Phi) is 8.43. The van der Waals surface area contributed by atoms with E-state index in [-0.39, 0.29) is 56.7 Å². The van der Waals surface area contributed by atoms with Gasteiger partial charge in [0.2, 0.25) is 5.88 Å². The van der Waals surface area contributed by atoms with Crippen LogP contribution in [0.2, 0.25) is 5.02 Å². The summed E-state index contributed by atoms with van der Waals surface area (Å²) < 4.78 is 84.8. The monoisotopic (exact) mass is 671 g/mol. The molecule has 0 amide bonds. The Morgan fingerprint density at radius 2 is 1.83 bits per heavy atom. The number of hydrogen-bond acceptors (Lipinski definition) is 5. The third-order valence-corrected chi connectivity index (χ3v) is 8.45. The summed E-state index contributed by atoms with van der Waals surface area (Å²) in [4.78, 5) is 20.6. The van der Waals surface area contributed by atoms with E-state index in [4.69, 9.17) is 21.1 Å². The van der Waals surface area contributed by atoms with Crippen molar-refractivity contribution < 1.29 is 41.3 Å². The number of rotatable bonds is 8. The van der Waals surface area contributed by atoms with Gasteiger partial charge in [-0.2, -0.15) is 13.2 Å². The first-order valence-corrected chi connectivity index (χ1v) is 14.8. The summed E-state index contributed by atoms with van der Waals surface area (Å²) in [5, 5.41) is 9.50. The Hall–Kier alpha value is -4.55. The zero-order chi connectivity index (χ0) is 33.7. The molecule has 3 aromatic carbocycles. The van der Waals surface area contributed by atoms with Crippen molar-refractivity contribution in [2.75, 3.05) is 13.2 Å². The topological polar surface area (TPSA) is 86.5 Å². The second kappa shape index (κ2) is 12.2. The normalized spacial score (nSPS) is 16.1. The van der Waals surface area contributed by atoms with E-state index in [2.05, 4.69) is 9.97 Å². The summed E-state index contributed by atoms with van der Waals surface area (Å²) >= 11 is 5.75. The minimum atomic E-state index is -4.66. The Labute approximate surface area is 270 Å². The van der Waals surface area contributed by atoms with Crippen LogP contribution in [0.3, 0.4) is 0 Å². The van der Waals surface area contributed by atoms with Crippen LogP contribution in [-0.4, -0.2) is 38.8 Å². The second-order valence-corrected chi connectivity index (χ2v) is 12.4. The lowest BCUT2D eigenvalue weighted by atomic mass is 9.87. The van der Waals surface area contributed by atoms with Crippen molar-refractivity contribution in [1.82, 2.24) is 14.5 Å². The molecule has 0 spiro atoms. The van der Waals surface area contributed by atoms with E-state index in [0.717, 1.165) is 18.2 Å². The maximum atomic E-state index is 15.7. The summed E-state index contributed by atoms with van der Waals surface area (Å²) in [6, 6.07) is 13.9. The average molecular weight is 672 g/mol. The number of aromatic carboxylic acids is 1. The average Bonchev–Trinajstić information content (AvgIpc) is 3.54. The van der Waals surface area contributed by atoms with Crippen LogP contribution in [0.25, 0.3) is 22.3 Å². The molecule has 2 aromatic heterocycles.